The molecule has 0 saturated heterocycles. The van der Waals surface area contributed by atoms with E-state index in [1.54, 1.807) is 20.9 Å². The first kappa shape index (κ1) is 15.5. The fraction of sp³-hybridized carbons (Fsp3) is 0.571. The van der Waals surface area contributed by atoms with Crippen molar-refractivity contribution in [1.29, 1.82) is 0 Å². The number of hydrogen-bond donors (Lipinski definition) is 0. The summed E-state index contributed by atoms with van der Waals surface area (Å²) < 4.78 is 41.9. The minimum atomic E-state index is -4.91. The van der Waals surface area contributed by atoms with Crippen molar-refractivity contribution in [2.75, 3.05) is 6.51 Å². The van der Waals surface area contributed by atoms with Gasteiger partial charge in [-0.3, -0.25) is 4.68 Å². The Morgan fingerprint density at radius 1 is 1.33 bits per heavy atom. The van der Waals surface area contributed by atoms with Crippen molar-refractivity contribution in [3.05, 3.63) is 11.4 Å². The summed E-state index contributed by atoms with van der Waals surface area (Å²) in [5, 5.41) is 3.94. The van der Waals surface area contributed by atoms with Crippen molar-refractivity contribution in [3.8, 4) is 5.75 Å². The summed E-state index contributed by atoms with van der Waals surface area (Å²) >= 11 is 0. The number of nitrogens with zero attached hydrogens (tertiary/aromatic N) is 2. The normalized spacial score (nSPS) is 11.1. The summed E-state index contributed by atoms with van der Waals surface area (Å²) in [4.78, 5) is 0. The zero-order valence-corrected chi connectivity index (χ0v) is 12.3. The maximum absolute atomic E-state index is 11.9. The quantitative estimate of drug-likeness (QED) is 0.627. The smallest absolute Gasteiger partial charge is 0.519 e. The molecule has 3 nitrogen and oxygen atoms in total. The summed E-state index contributed by atoms with van der Waals surface area (Å²) in [6.45, 7) is -2.84. The van der Waals surface area contributed by atoms with E-state index in [0.29, 0.717) is 11.4 Å². The molecule has 0 spiro atoms. The van der Waals surface area contributed by atoms with Crippen LogP contribution in [0.2, 0.25) is 0 Å². The molecule has 0 aliphatic carbocycles. The molecule has 1 aromatic rings. The maximum Gasteiger partial charge on any atom is 1.00 e. The zero-order chi connectivity index (χ0) is 10.9. The third-order valence-electron chi connectivity index (χ3n) is 1.86. The van der Waals surface area contributed by atoms with Crippen molar-refractivity contribution in [2.24, 2.45) is 7.05 Å². The monoisotopic (exact) mass is 246 g/mol. The van der Waals surface area contributed by atoms with Gasteiger partial charge in [0.1, 0.15) is 5.69 Å². The van der Waals surface area contributed by atoms with Gasteiger partial charge in [0.2, 0.25) is 0 Å². The Kier molecular flexibility index (Phi) is 5.91. The molecular formula is C7H11BF3KN2O. The predicted octanol–water partition coefficient (Wildman–Crippen LogP) is -1.19. The van der Waals surface area contributed by atoms with Crippen LogP contribution in [0.1, 0.15) is 11.4 Å². The molecule has 0 atom stereocenters. The Labute approximate surface area is 129 Å². The van der Waals surface area contributed by atoms with E-state index in [9.17, 15) is 12.9 Å². The average Bonchev–Trinajstić information content (AvgIpc) is 2.23. The van der Waals surface area contributed by atoms with E-state index in [0.717, 1.165) is 0 Å². The molecule has 0 bridgehead atoms. The number of hydrogen-bond acceptors (Lipinski definition) is 2. The Hall–Kier alpha value is 0.501. The van der Waals surface area contributed by atoms with Gasteiger partial charge >= 0.3 is 58.4 Å². The Bertz CT molecular complexity index is 340. The standard InChI is InChI=1S/C7H11BF3N2O.K/c1-5-7(6(2)13(3)12-5)14-4-8(9,10)11;/h4H2,1-3H3;/q-1;+1. The van der Waals surface area contributed by atoms with Crippen molar-refractivity contribution in [2.45, 2.75) is 13.8 Å². The van der Waals surface area contributed by atoms with Crippen molar-refractivity contribution in [1.82, 2.24) is 9.78 Å². The molecule has 8 heteroatoms. The largest absolute Gasteiger partial charge is 1.00 e. The van der Waals surface area contributed by atoms with Crippen molar-refractivity contribution < 1.29 is 69.1 Å². The molecule has 0 aliphatic rings. The molecule has 1 rings (SSSR count). The fourth-order valence-corrected chi connectivity index (χ4v) is 1.14. The summed E-state index contributed by atoms with van der Waals surface area (Å²) in [7, 11) is 1.66. The van der Waals surface area contributed by atoms with E-state index in [1.807, 2.05) is 0 Å². The number of aromatic nitrogens is 2. The Morgan fingerprint density at radius 2 is 1.87 bits per heavy atom. The third kappa shape index (κ3) is 4.48. The third-order valence-corrected chi connectivity index (χ3v) is 1.86. The fourth-order valence-electron chi connectivity index (χ4n) is 1.14. The average molecular weight is 246 g/mol. The zero-order valence-electron chi connectivity index (χ0n) is 9.22. The molecule has 15 heavy (non-hydrogen) atoms. The molecule has 0 amide bonds. The van der Waals surface area contributed by atoms with Gasteiger partial charge in [-0.25, -0.2) is 0 Å². The van der Waals surface area contributed by atoms with Crippen LogP contribution in [0.15, 0.2) is 0 Å². The van der Waals surface area contributed by atoms with Gasteiger partial charge < -0.3 is 17.7 Å². The van der Waals surface area contributed by atoms with Gasteiger partial charge in [0.15, 0.2) is 5.75 Å². The molecule has 0 unspecified atom stereocenters. The van der Waals surface area contributed by atoms with Gasteiger partial charge in [0.05, 0.1) is 12.2 Å². The van der Waals surface area contributed by atoms with Gasteiger partial charge in [-0.05, 0) is 13.8 Å². The molecule has 0 aromatic carbocycles. The Morgan fingerprint density at radius 3 is 2.20 bits per heavy atom. The van der Waals surface area contributed by atoms with Crippen LogP contribution in [0.4, 0.5) is 12.9 Å². The van der Waals surface area contributed by atoms with Crippen LogP contribution in [0.5, 0.6) is 5.75 Å². The number of rotatable bonds is 3. The van der Waals surface area contributed by atoms with Crippen LogP contribution in [0.3, 0.4) is 0 Å². The summed E-state index contributed by atoms with van der Waals surface area (Å²) in [5.41, 5.74) is 1.08. The maximum atomic E-state index is 11.9. The van der Waals surface area contributed by atoms with E-state index >= 15 is 0 Å². The van der Waals surface area contributed by atoms with Crippen molar-refractivity contribution >= 4 is 6.98 Å². The molecule has 0 N–H and O–H groups in total. The van der Waals surface area contributed by atoms with Crippen LogP contribution in [0.25, 0.3) is 0 Å². The van der Waals surface area contributed by atoms with Crippen LogP contribution in [-0.2, 0) is 7.05 Å². The molecule has 80 valence electrons. The van der Waals surface area contributed by atoms with E-state index in [4.69, 9.17) is 0 Å². The summed E-state index contributed by atoms with van der Waals surface area (Å²) in [5.74, 6) is 0.228. The second-order valence-corrected chi connectivity index (χ2v) is 3.14. The van der Waals surface area contributed by atoms with Gasteiger partial charge in [-0.2, -0.15) is 5.10 Å². The van der Waals surface area contributed by atoms with E-state index in [1.165, 1.54) is 4.68 Å². The Balaban J connectivity index is 0.00000196. The molecule has 0 fully saturated rings. The predicted molar refractivity (Wildman–Crippen MR) is 47.3 cm³/mol. The van der Waals surface area contributed by atoms with Crippen LogP contribution < -0.4 is 56.1 Å². The van der Waals surface area contributed by atoms with Gasteiger partial charge in [-0.15, -0.1) is 0 Å². The van der Waals surface area contributed by atoms with Crippen LogP contribution >= 0.6 is 0 Å². The van der Waals surface area contributed by atoms with E-state index in [2.05, 4.69) is 9.84 Å². The molecule has 0 radical (unpaired) electrons. The van der Waals surface area contributed by atoms with Gasteiger partial charge in [0.25, 0.3) is 0 Å². The molecule has 0 aliphatic heterocycles. The molecule has 0 saturated carbocycles. The molecule has 1 heterocycles. The topological polar surface area (TPSA) is 27.1 Å². The number of aryl methyl sites for hydroxylation is 2. The van der Waals surface area contributed by atoms with Crippen molar-refractivity contribution in [3.63, 3.8) is 0 Å². The minimum absolute atomic E-state index is 0. The molecule has 1 aromatic heterocycles. The minimum Gasteiger partial charge on any atom is -0.519 e. The van der Waals surface area contributed by atoms with Gasteiger partial charge in [-0.1, -0.05) is 0 Å². The SMILES string of the molecule is Cc1nn(C)c(C)c1OC[B-](F)(F)F.[K+]. The number of halogens is 3. The summed E-state index contributed by atoms with van der Waals surface area (Å²) in [6.07, 6.45) is 0. The second-order valence-electron chi connectivity index (χ2n) is 3.14. The first-order valence-electron chi connectivity index (χ1n) is 4.15. The number of ether oxygens (including phenoxy) is 1. The molecular weight excluding hydrogens is 235 g/mol. The van der Waals surface area contributed by atoms with E-state index < -0.39 is 13.5 Å². The second kappa shape index (κ2) is 5.72. The first-order valence-corrected chi connectivity index (χ1v) is 4.15. The van der Waals surface area contributed by atoms with Crippen LogP contribution in [-0.4, -0.2) is 23.3 Å². The first-order chi connectivity index (χ1) is 6.31. The van der Waals surface area contributed by atoms with Crippen LogP contribution in [0, 0.1) is 13.8 Å². The summed E-state index contributed by atoms with van der Waals surface area (Å²) in [6, 6.07) is 0. The van der Waals surface area contributed by atoms with E-state index in [-0.39, 0.29) is 57.1 Å². The van der Waals surface area contributed by atoms with Gasteiger partial charge in [0, 0.05) is 7.05 Å².